The standard InChI is InChI=1S/C26H32ClN5O/c1-17(2)13-19-7-5-6-8-24(19)29-25-22(27)15-28-26(31-25)30-23-10-9-20(14-18(23)3)33-21-11-12-32(4)16-21/h5-10,14-15,17,21H,11-13,16H2,1-4H3,(H2,28,29,30,31). The first-order valence-corrected chi connectivity index (χ1v) is 11.9. The van der Waals surface area contributed by atoms with E-state index in [1.807, 2.05) is 31.2 Å². The molecule has 1 fully saturated rings. The highest BCUT2D eigenvalue weighted by molar-refractivity contribution is 6.32. The maximum absolute atomic E-state index is 6.42. The number of rotatable bonds is 8. The third-order valence-electron chi connectivity index (χ3n) is 5.74. The van der Waals surface area contributed by atoms with Crippen molar-refractivity contribution in [2.45, 2.75) is 39.7 Å². The quantitative estimate of drug-likeness (QED) is 0.412. The van der Waals surface area contributed by atoms with Crippen molar-refractivity contribution < 1.29 is 4.74 Å². The van der Waals surface area contributed by atoms with E-state index >= 15 is 0 Å². The summed E-state index contributed by atoms with van der Waals surface area (Å²) in [5, 5.41) is 7.18. The maximum Gasteiger partial charge on any atom is 0.229 e. The highest BCUT2D eigenvalue weighted by Gasteiger charge is 2.21. The number of aromatic nitrogens is 2. The van der Waals surface area contributed by atoms with Gasteiger partial charge in [-0.2, -0.15) is 4.98 Å². The highest BCUT2D eigenvalue weighted by Crippen LogP contribution is 2.29. The molecule has 4 rings (SSSR count). The van der Waals surface area contributed by atoms with Gasteiger partial charge in [0.1, 0.15) is 16.9 Å². The number of hydrogen-bond donors (Lipinski definition) is 2. The van der Waals surface area contributed by atoms with Crippen LogP contribution in [0.2, 0.25) is 5.02 Å². The van der Waals surface area contributed by atoms with Crippen molar-refractivity contribution in [3.63, 3.8) is 0 Å². The summed E-state index contributed by atoms with van der Waals surface area (Å²) in [7, 11) is 2.12. The van der Waals surface area contributed by atoms with Crippen molar-refractivity contribution >= 4 is 34.7 Å². The smallest absolute Gasteiger partial charge is 0.229 e. The van der Waals surface area contributed by atoms with Crippen LogP contribution in [0.15, 0.2) is 48.7 Å². The van der Waals surface area contributed by atoms with Gasteiger partial charge >= 0.3 is 0 Å². The third-order valence-corrected chi connectivity index (χ3v) is 6.01. The highest BCUT2D eigenvalue weighted by atomic mass is 35.5. The maximum atomic E-state index is 6.42. The Bertz CT molecular complexity index is 1100. The summed E-state index contributed by atoms with van der Waals surface area (Å²) < 4.78 is 6.14. The van der Waals surface area contributed by atoms with Crippen molar-refractivity contribution in [3.8, 4) is 5.75 Å². The van der Waals surface area contributed by atoms with E-state index in [-0.39, 0.29) is 6.10 Å². The molecule has 1 aromatic heterocycles. The van der Waals surface area contributed by atoms with Gasteiger partial charge in [-0.15, -0.1) is 0 Å². The van der Waals surface area contributed by atoms with Gasteiger partial charge in [-0.25, -0.2) is 4.98 Å². The van der Waals surface area contributed by atoms with Crippen LogP contribution in [0, 0.1) is 12.8 Å². The summed E-state index contributed by atoms with van der Waals surface area (Å²) in [5.41, 5.74) is 4.23. The monoisotopic (exact) mass is 465 g/mol. The van der Waals surface area contributed by atoms with Crippen LogP contribution in [-0.2, 0) is 6.42 Å². The molecule has 0 radical (unpaired) electrons. The molecule has 2 heterocycles. The molecule has 2 aromatic carbocycles. The van der Waals surface area contributed by atoms with Crippen LogP contribution >= 0.6 is 11.6 Å². The van der Waals surface area contributed by atoms with Crippen LogP contribution in [0.1, 0.15) is 31.4 Å². The molecule has 6 nitrogen and oxygen atoms in total. The van der Waals surface area contributed by atoms with Gasteiger partial charge in [0.05, 0.1) is 6.20 Å². The Morgan fingerprint density at radius 2 is 1.97 bits per heavy atom. The van der Waals surface area contributed by atoms with Crippen LogP contribution in [0.3, 0.4) is 0 Å². The van der Waals surface area contributed by atoms with Crippen LogP contribution < -0.4 is 15.4 Å². The Hall–Kier alpha value is -2.83. The predicted molar refractivity (Wildman–Crippen MR) is 136 cm³/mol. The van der Waals surface area contributed by atoms with Crippen LogP contribution in [-0.4, -0.2) is 41.1 Å². The number of anilines is 4. The molecule has 0 amide bonds. The zero-order valence-electron chi connectivity index (χ0n) is 19.7. The predicted octanol–water partition coefficient (Wildman–Crippen LogP) is 6.21. The van der Waals surface area contributed by atoms with Crippen LogP contribution in [0.4, 0.5) is 23.1 Å². The number of likely N-dealkylation sites (tertiary alicyclic amines) is 1. The molecular formula is C26H32ClN5O. The second kappa shape index (κ2) is 10.4. The first kappa shape index (κ1) is 23.3. The average Bonchev–Trinajstić information content (AvgIpc) is 3.18. The van der Waals surface area contributed by atoms with Crippen molar-refractivity contribution in [2.75, 3.05) is 30.8 Å². The van der Waals surface area contributed by atoms with E-state index in [0.29, 0.717) is 22.7 Å². The Balaban J connectivity index is 1.48. The third kappa shape index (κ3) is 6.15. The summed E-state index contributed by atoms with van der Waals surface area (Å²) in [5.74, 6) is 2.50. The fourth-order valence-electron chi connectivity index (χ4n) is 4.06. The van der Waals surface area contributed by atoms with E-state index in [9.17, 15) is 0 Å². The Labute approximate surface area is 201 Å². The van der Waals surface area contributed by atoms with E-state index in [1.54, 1.807) is 6.20 Å². The molecule has 0 bridgehead atoms. The number of aryl methyl sites for hydroxylation is 1. The minimum absolute atomic E-state index is 0.250. The average molecular weight is 466 g/mol. The molecule has 7 heteroatoms. The van der Waals surface area contributed by atoms with Crippen molar-refractivity contribution in [2.24, 2.45) is 5.92 Å². The zero-order chi connectivity index (χ0) is 23.4. The number of nitrogens with zero attached hydrogens (tertiary/aromatic N) is 3. The molecular weight excluding hydrogens is 434 g/mol. The SMILES string of the molecule is Cc1cc(OC2CCN(C)C2)ccc1Nc1ncc(Cl)c(Nc2ccccc2CC(C)C)n1. The van der Waals surface area contributed by atoms with E-state index < -0.39 is 0 Å². The fourth-order valence-corrected chi connectivity index (χ4v) is 4.19. The summed E-state index contributed by atoms with van der Waals surface area (Å²) in [6, 6.07) is 14.3. The van der Waals surface area contributed by atoms with E-state index in [4.69, 9.17) is 16.3 Å². The summed E-state index contributed by atoms with van der Waals surface area (Å²) in [4.78, 5) is 11.3. The largest absolute Gasteiger partial charge is 0.489 e. The molecule has 0 aliphatic carbocycles. The summed E-state index contributed by atoms with van der Waals surface area (Å²) in [6.45, 7) is 8.51. The van der Waals surface area contributed by atoms with Crippen molar-refractivity contribution in [3.05, 3.63) is 64.8 Å². The number of likely N-dealkylation sites (N-methyl/N-ethyl adjacent to an activating group) is 1. The van der Waals surface area contributed by atoms with E-state index in [0.717, 1.165) is 48.6 Å². The molecule has 3 aromatic rings. The van der Waals surface area contributed by atoms with Crippen LogP contribution in [0.25, 0.3) is 0 Å². The number of halogens is 1. The fraction of sp³-hybridized carbons (Fsp3) is 0.385. The molecule has 1 atom stereocenters. The second-order valence-corrected chi connectivity index (χ2v) is 9.57. The zero-order valence-corrected chi connectivity index (χ0v) is 20.5. The lowest BCUT2D eigenvalue weighted by Gasteiger charge is -2.16. The Morgan fingerprint density at radius 3 is 2.70 bits per heavy atom. The molecule has 2 N–H and O–H groups in total. The number of hydrogen-bond acceptors (Lipinski definition) is 6. The van der Waals surface area contributed by atoms with Gasteiger partial charge < -0.3 is 20.3 Å². The second-order valence-electron chi connectivity index (χ2n) is 9.16. The lowest BCUT2D eigenvalue weighted by atomic mass is 10.0. The molecule has 0 spiro atoms. The van der Waals surface area contributed by atoms with Gasteiger partial charge in [0.15, 0.2) is 5.82 Å². The summed E-state index contributed by atoms with van der Waals surface area (Å²) >= 11 is 6.42. The molecule has 33 heavy (non-hydrogen) atoms. The van der Waals surface area contributed by atoms with Gasteiger partial charge in [-0.1, -0.05) is 43.6 Å². The number of nitrogens with one attached hydrogen (secondary N) is 2. The Kier molecular flexibility index (Phi) is 7.36. The van der Waals surface area contributed by atoms with E-state index in [2.05, 4.69) is 64.6 Å². The van der Waals surface area contributed by atoms with E-state index in [1.165, 1.54) is 5.56 Å². The molecule has 1 aliphatic rings. The molecule has 1 unspecified atom stereocenters. The normalized spacial score (nSPS) is 16.2. The molecule has 1 saturated heterocycles. The summed E-state index contributed by atoms with van der Waals surface area (Å²) in [6.07, 6.45) is 3.90. The van der Waals surface area contributed by atoms with Gasteiger partial charge in [0, 0.05) is 24.5 Å². The lowest BCUT2D eigenvalue weighted by Crippen LogP contribution is -2.21. The van der Waals surface area contributed by atoms with Gasteiger partial charge in [-0.3, -0.25) is 0 Å². The van der Waals surface area contributed by atoms with Crippen molar-refractivity contribution in [1.82, 2.24) is 14.9 Å². The molecule has 1 aliphatic heterocycles. The minimum Gasteiger partial charge on any atom is -0.489 e. The molecule has 174 valence electrons. The van der Waals surface area contributed by atoms with Gasteiger partial charge in [-0.05, 0) is 68.1 Å². The first-order chi connectivity index (χ1) is 15.9. The molecule has 0 saturated carbocycles. The minimum atomic E-state index is 0.250. The topological polar surface area (TPSA) is 62.3 Å². The van der Waals surface area contributed by atoms with Crippen LogP contribution in [0.5, 0.6) is 5.75 Å². The van der Waals surface area contributed by atoms with Gasteiger partial charge in [0.2, 0.25) is 5.95 Å². The Morgan fingerprint density at radius 1 is 1.15 bits per heavy atom. The number of para-hydroxylation sites is 1. The number of ether oxygens (including phenoxy) is 1. The lowest BCUT2D eigenvalue weighted by molar-refractivity contribution is 0.208. The first-order valence-electron chi connectivity index (χ1n) is 11.5. The van der Waals surface area contributed by atoms with Crippen molar-refractivity contribution in [1.29, 1.82) is 0 Å². The number of benzene rings is 2. The van der Waals surface area contributed by atoms with Gasteiger partial charge in [0.25, 0.3) is 0 Å².